The third kappa shape index (κ3) is 3.65. The molecule has 1 unspecified atom stereocenters. The van der Waals surface area contributed by atoms with Crippen molar-refractivity contribution in [3.05, 3.63) is 45.1 Å². The number of carbonyl (C=O) groups is 2. The molecule has 0 fully saturated rings. The minimum Gasteiger partial charge on any atom is -0.481 e. The summed E-state index contributed by atoms with van der Waals surface area (Å²) in [5.41, 5.74) is -0.799. The van der Waals surface area contributed by atoms with E-state index in [1.807, 2.05) is 0 Å². The molecular weight excluding hydrogens is 302 g/mol. The van der Waals surface area contributed by atoms with Crippen LogP contribution in [0.3, 0.4) is 0 Å². The van der Waals surface area contributed by atoms with E-state index in [1.54, 1.807) is 24.3 Å². The summed E-state index contributed by atoms with van der Waals surface area (Å²) in [5, 5.41) is 11.4. The van der Waals surface area contributed by atoms with Gasteiger partial charge in [-0.15, -0.1) is 0 Å². The lowest BCUT2D eigenvalue weighted by molar-refractivity contribution is -0.137. The number of carboxylic acid groups (broad SMARTS) is 1. The number of carbonyl (C=O) groups excluding carboxylic acids is 1. The second-order valence-electron chi connectivity index (χ2n) is 5.12. The first-order valence-corrected chi connectivity index (χ1v) is 7.15. The average molecular weight is 319 g/mol. The van der Waals surface area contributed by atoms with E-state index >= 15 is 0 Å². The summed E-state index contributed by atoms with van der Waals surface area (Å²) in [6.07, 6.45) is 0.210. The van der Waals surface area contributed by atoms with Crippen molar-refractivity contribution in [1.29, 1.82) is 0 Å². The van der Waals surface area contributed by atoms with E-state index < -0.39 is 29.2 Å². The topological polar surface area (TPSA) is 121 Å². The maximum Gasteiger partial charge on any atom is 0.329 e. The highest BCUT2D eigenvalue weighted by atomic mass is 16.4. The molecule has 23 heavy (non-hydrogen) atoms. The molecule has 3 N–H and O–H groups in total. The molecular formula is C15H17N3O5. The molecule has 0 saturated heterocycles. The van der Waals surface area contributed by atoms with Crippen LogP contribution >= 0.6 is 0 Å². The van der Waals surface area contributed by atoms with E-state index in [-0.39, 0.29) is 19.4 Å². The number of benzene rings is 1. The minimum absolute atomic E-state index is 0.0643. The van der Waals surface area contributed by atoms with Crippen molar-refractivity contribution in [2.75, 3.05) is 6.54 Å². The number of carboxylic acids is 1. The molecule has 0 bridgehead atoms. The molecule has 8 nitrogen and oxygen atoms in total. The van der Waals surface area contributed by atoms with Crippen LogP contribution in [0.5, 0.6) is 0 Å². The molecule has 1 aromatic carbocycles. The summed E-state index contributed by atoms with van der Waals surface area (Å²) in [7, 11) is 0. The lowest BCUT2D eigenvalue weighted by Crippen LogP contribution is -2.43. The van der Waals surface area contributed by atoms with E-state index in [9.17, 15) is 19.2 Å². The predicted octanol–water partition coefficient (Wildman–Crippen LogP) is 0.232. The fourth-order valence-electron chi connectivity index (χ4n) is 2.24. The number of fused-ring (bicyclic) bond motifs is 1. The van der Waals surface area contributed by atoms with Gasteiger partial charge in [0.1, 0.15) is 6.04 Å². The summed E-state index contributed by atoms with van der Waals surface area (Å²) >= 11 is 0. The van der Waals surface area contributed by atoms with Gasteiger partial charge in [0, 0.05) is 13.0 Å². The van der Waals surface area contributed by atoms with Crippen LogP contribution in [0.15, 0.2) is 33.9 Å². The van der Waals surface area contributed by atoms with E-state index in [1.165, 1.54) is 6.92 Å². The van der Waals surface area contributed by atoms with Crippen LogP contribution in [0.2, 0.25) is 0 Å². The highest BCUT2D eigenvalue weighted by Crippen LogP contribution is 2.06. The van der Waals surface area contributed by atoms with Gasteiger partial charge in [0.25, 0.3) is 5.56 Å². The number of aliphatic carboxylic acids is 1. The van der Waals surface area contributed by atoms with Crippen LogP contribution < -0.4 is 16.6 Å². The summed E-state index contributed by atoms with van der Waals surface area (Å²) in [5.74, 6) is -1.47. The fourth-order valence-corrected chi connectivity index (χ4v) is 2.24. The van der Waals surface area contributed by atoms with Crippen LogP contribution in [0.4, 0.5) is 0 Å². The number of nitrogens with one attached hydrogen (secondary N) is 2. The first-order chi connectivity index (χ1) is 10.9. The van der Waals surface area contributed by atoms with Gasteiger partial charge in [0.15, 0.2) is 0 Å². The quantitative estimate of drug-likeness (QED) is 0.658. The molecule has 1 atom stereocenters. The van der Waals surface area contributed by atoms with Crippen LogP contribution in [-0.4, -0.2) is 33.1 Å². The molecule has 2 rings (SSSR count). The monoisotopic (exact) mass is 319 g/mol. The molecule has 0 aliphatic carbocycles. The van der Waals surface area contributed by atoms with Gasteiger partial charge < -0.3 is 15.4 Å². The zero-order valence-electron chi connectivity index (χ0n) is 12.5. The third-order valence-corrected chi connectivity index (χ3v) is 3.47. The Morgan fingerprint density at radius 3 is 2.70 bits per heavy atom. The van der Waals surface area contributed by atoms with Crippen molar-refractivity contribution in [2.45, 2.75) is 25.8 Å². The summed E-state index contributed by atoms with van der Waals surface area (Å²) < 4.78 is 0.856. The molecule has 8 heteroatoms. The molecule has 1 heterocycles. The predicted molar refractivity (Wildman–Crippen MR) is 83.4 cm³/mol. The van der Waals surface area contributed by atoms with Gasteiger partial charge in [-0.3, -0.25) is 14.4 Å². The standard InChI is InChI=1S/C15H17N3O5/c1-9(13(21)16-8-4-7-12(19)20)18-14(22)10-5-2-3-6-11(10)17-15(18)23/h2-3,5-6,9H,4,7-8H2,1H3,(H,16,21)(H,17,23)(H,19,20). The van der Waals surface area contributed by atoms with Crippen LogP contribution in [0, 0.1) is 0 Å². The Bertz CT molecular complexity index is 852. The number of aromatic amines is 1. The average Bonchev–Trinajstić information content (AvgIpc) is 2.51. The second kappa shape index (κ2) is 6.91. The smallest absolute Gasteiger partial charge is 0.329 e. The minimum atomic E-state index is -0.999. The number of nitrogens with zero attached hydrogens (tertiary/aromatic N) is 1. The van der Waals surface area contributed by atoms with E-state index in [2.05, 4.69) is 10.3 Å². The summed E-state index contributed by atoms with van der Waals surface area (Å²) in [4.78, 5) is 49.5. The van der Waals surface area contributed by atoms with E-state index in [4.69, 9.17) is 5.11 Å². The highest BCUT2D eigenvalue weighted by Gasteiger charge is 2.19. The number of aromatic nitrogens is 2. The zero-order valence-corrected chi connectivity index (χ0v) is 12.5. The SMILES string of the molecule is CC(C(=O)NCCCC(=O)O)n1c(=O)[nH]c2ccccc2c1=O. The molecule has 122 valence electrons. The van der Waals surface area contributed by atoms with Crippen LogP contribution in [0.1, 0.15) is 25.8 Å². The lowest BCUT2D eigenvalue weighted by Gasteiger charge is -2.14. The molecule has 1 aromatic heterocycles. The Morgan fingerprint density at radius 2 is 2.00 bits per heavy atom. The summed E-state index contributed by atoms with van der Waals surface area (Å²) in [6.45, 7) is 1.60. The van der Waals surface area contributed by atoms with Crippen molar-refractivity contribution >= 4 is 22.8 Å². The van der Waals surface area contributed by atoms with Crippen molar-refractivity contribution in [3.8, 4) is 0 Å². The van der Waals surface area contributed by atoms with E-state index in [0.29, 0.717) is 10.9 Å². The molecule has 0 radical (unpaired) electrons. The van der Waals surface area contributed by atoms with Crippen molar-refractivity contribution in [1.82, 2.24) is 14.9 Å². The van der Waals surface area contributed by atoms with Gasteiger partial charge >= 0.3 is 11.7 Å². The lowest BCUT2D eigenvalue weighted by atomic mass is 10.2. The van der Waals surface area contributed by atoms with Gasteiger partial charge in [-0.2, -0.15) is 0 Å². The van der Waals surface area contributed by atoms with Crippen molar-refractivity contribution < 1.29 is 14.7 Å². The van der Waals surface area contributed by atoms with Crippen molar-refractivity contribution in [3.63, 3.8) is 0 Å². The Morgan fingerprint density at radius 1 is 1.30 bits per heavy atom. The first-order valence-electron chi connectivity index (χ1n) is 7.15. The zero-order chi connectivity index (χ0) is 17.0. The molecule has 1 amide bonds. The Labute approximate surface area is 130 Å². The molecule has 2 aromatic rings. The van der Waals surface area contributed by atoms with Gasteiger partial charge in [0.2, 0.25) is 5.91 Å². The Hall–Kier alpha value is -2.90. The fraction of sp³-hybridized carbons (Fsp3) is 0.333. The number of hydrogen-bond acceptors (Lipinski definition) is 4. The number of rotatable bonds is 6. The third-order valence-electron chi connectivity index (χ3n) is 3.47. The van der Waals surface area contributed by atoms with Crippen LogP contribution in [0.25, 0.3) is 10.9 Å². The molecule has 0 saturated carbocycles. The number of para-hydroxylation sites is 1. The molecule has 0 aliphatic heterocycles. The van der Waals surface area contributed by atoms with E-state index in [0.717, 1.165) is 4.57 Å². The maximum atomic E-state index is 12.4. The largest absolute Gasteiger partial charge is 0.481 e. The van der Waals surface area contributed by atoms with Crippen LogP contribution in [-0.2, 0) is 9.59 Å². The molecule has 0 spiro atoms. The Balaban J connectivity index is 2.22. The van der Waals surface area contributed by atoms with Gasteiger partial charge in [-0.05, 0) is 25.5 Å². The second-order valence-corrected chi connectivity index (χ2v) is 5.12. The Kier molecular flexibility index (Phi) is 4.95. The molecule has 0 aliphatic rings. The van der Waals surface area contributed by atoms with Crippen molar-refractivity contribution in [2.24, 2.45) is 0 Å². The number of H-pyrrole nitrogens is 1. The maximum absolute atomic E-state index is 12.4. The summed E-state index contributed by atoms with van der Waals surface area (Å²) in [6, 6.07) is 5.55. The number of hydrogen-bond donors (Lipinski definition) is 3. The first kappa shape index (κ1) is 16.5. The normalized spacial score (nSPS) is 12.0. The highest BCUT2D eigenvalue weighted by molar-refractivity contribution is 5.81. The van der Waals surface area contributed by atoms with Gasteiger partial charge in [0.05, 0.1) is 10.9 Å². The van der Waals surface area contributed by atoms with Gasteiger partial charge in [-0.25, -0.2) is 9.36 Å². The number of amides is 1. The van der Waals surface area contributed by atoms with Gasteiger partial charge in [-0.1, -0.05) is 12.1 Å².